The fourth-order valence-electron chi connectivity index (χ4n) is 3.99. The number of pyridine rings is 3. The molecule has 1 aliphatic rings. The maximum atomic E-state index is 12.8. The lowest BCUT2D eigenvalue weighted by atomic mass is 9.88. The highest BCUT2D eigenvalue weighted by molar-refractivity contribution is 5.93. The first kappa shape index (κ1) is 26.1. The lowest BCUT2D eigenvalue weighted by molar-refractivity contribution is -0.153. The van der Waals surface area contributed by atoms with Crippen LogP contribution in [0.5, 0.6) is 5.88 Å². The molecule has 3 atom stereocenters. The minimum absolute atomic E-state index is 0.203. The first-order valence-electron chi connectivity index (χ1n) is 11.5. The van der Waals surface area contributed by atoms with Gasteiger partial charge in [0, 0.05) is 17.9 Å². The molecular formula is C25H26F3N6O3+. The molecule has 0 radical (unpaired) electrons. The Morgan fingerprint density at radius 3 is 2.62 bits per heavy atom. The number of aromatic nitrogens is 3. The van der Waals surface area contributed by atoms with Crippen molar-refractivity contribution in [3.8, 4) is 12.5 Å². The largest absolute Gasteiger partial charge is 0.468 e. The maximum absolute atomic E-state index is 12.8. The molecule has 0 fully saturated rings. The molecule has 9 nitrogen and oxygen atoms in total. The number of hydrogen-bond donors (Lipinski definition) is 2. The number of hydrogen-bond acceptors (Lipinski definition) is 8. The highest BCUT2D eigenvalue weighted by atomic mass is 19.4. The Balaban J connectivity index is 1.75. The molecule has 3 aromatic rings. The Kier molecular flexibility index (Phi) is 6.45. The summed E-state index contributed by atoms with van der Waals surface area (Å²) >= 11 is 0. The zero-order valence-corrected chi connectivity index (χ0v) is 20.7. The third-order valence-corrected chi connectivity index (χ3v) is 6.63. The zero-order valence-electron chi connectivity index (χ0n) is 20.7. The molecule has 0 unspecified atom stereocenters. The van der Waals surface area contributed by atoms with Gasteiger partial charge in [0.05, 0.1) is 23.6 Å². The van der Waals surface area contributed by atoms with Crippen LogP contribution in [-0.2, 0) is 10.3 Å². The predicted molar refractivity (Wildman–Crippen MR) is 131 cm³/mol. The van der Waals surface area contributed by atoms with Crippen molar-refractivity contribution in [3.63, 3.8) is 0 Å². The molecule has 12 heteroatoms. The van der Waals surface area contributed by atoms with Gasteiger partial charge >= 0.3 is 17.9 Å². The molecule has 0 spiro atoms. The van der Waals surface area contributed by atoms with Crippen molar-refractivity contribution in [3.05, 3.63) is 52.3 Å². The first-order chi connectivity index (χ1) is 17.3. The van der Waals surface area contributed by atoms with Crippen LogP contribution in [0.25, 0.3) is 15.6 Å². The van der Waals surface area contributed by atoms with E-state index in [0.717, 1.165) is 0 Å². The number of halogens is 3. The SMILES string of the molecule is C#[N+][C@@]1(C)OC(=O)c2ccc(Nc3cc4c([C@@](C)(N)CC)cnc(OCC(F)(F)F)c4cn3)nc2[C@H]1C. The number of rotatable bonds is 6. The van der Waals surface area contributed by atoms with Crippen molar-refractivity contribution >= 4 is 28.4 Å². The number of fused-ring (bicyclic) bond motifs is 2. The number of ether oxygens (including phenoxy) is 2. The Morgan fingerprint density at radius 1 is 1.24 bits per heavy atom. The van der Waals surface area contributed by atoms with E-state index in [4.69, 9.17) is 21.8 Å². The molecule has 37 heavy (non-hydrogen) atoms. The third-order valence-electron chi connectivity index (χ3n) is 6.63. The molecule has 4 heterocycles. The van der Waals surface area contributed by atoms with Crippen LogP contribution < -0.4 is 15.8 Å². The van der Waals surface area contributed by atoms with Crippen molar-refractivity contribution < 1.29 is 27.4 Å². The third kappa shape index (κ3) is 4.99. The quantitative estimate of drug-likeness (QED) is 0.428. The average molecular weight is 516 g/mol. The van der Waals surface area contributed by atoms with Crippen LogP contribution in [0.15, 0.2) is 30.6 Å². The summed E-state index contributed by atoms with van der Waals surface area (Å²) in [6.07, 6.45) is -1.19. The van der Waals surface area contributed by atoms with Gasteiger partial charge in [0.25, 0.3) is 6.57 Å². The van der Waals surface area contributed by atoms with E-state index in [1.165, 1.54) is 12.4 Å². The molecule has 194 valence electrons. The average Bonchev–Trinajstić information content (AvgIpc) is 2.85. The van der Waals surface area contributed by atoms with Crippen LogP contribution in [-0.4, -0.2) is 39.4 Å². The molecule has 0 saturated heterocycles. The van der Waals surface area contributed by atoms with Gasteiger partial charge in [-0.25, -0.2) is 19.7 Å². The van der Waals surface area contributed by atoms with E-state index < -0.39 is 35.9 Å². The van der Waals surface area contributed by atoms with E-state index in [1.807, 2.05) is 6.92 Å². The molecule has 1 aliphatic heterocycles. The van der Waals surface area contributed by atoms with Gasteiger partial charge in [-0.1, -0.05) is 6.92 Å². The summed E-state index contributed by atoms with van der Waals surface area (Å²) in [6.45, 7) is 11.1. The van der Waals surface area contributed by atoms with E-state index >= 15 is 0 Å². The number of carbonyl (C=O) groups is 1. The number of esters is 1. The van der Waals surface area contributed by atoms with Crippen LogP contribution in [0, 0.1) is 6.57 Å². The Hall–Kier alpha value is -3.98. The van der Waals surface area contributed by atoms with Crippen molar-refractivity contribution in [1.82, 2.24) is 15.0 Å². The van der Waals surface area contributed by atoms with Crippen molar-refractivity contribution in [1.29, 1.82) is 0 Å². The lowest BCUT2D eigenvalue weighted by Gasteiger charge is -2.27. The predicted octanol–water partition coefficient (Wildman–Crippen LogP) is 5.25. The number of alkyl halides is 3. The topological polar surface area (TPSA) is 117 Å². The molecular weight excluding hydrogens is 489 g/mol. The van der Waals surface area contributed by atoms with Gasteiger partial charge in [0.15, 0.2) is 6.61 Å². The summed E-state index contributed by atoms with van der Waals surface area (Å²) in [7, 11) is 0. The zero-order chi connectivity index (χ0) is 27.2. The number of nitrogens with one attached hydrogen (secondary N) is 1. The Labute approximate surface area is 211 Å². The van der Waals surface area contributed by atoms with E-state index in [-0.39, 0.29) is 11.3 Å². The normalized spacial score (nSPS) is 20.9. The van der Waals surface area contributed by atoms with Crippen LogP contribution in [0.2, 0.25) is 0 Å². The first-order valence-corrected chi connectivity index (χ1v) is 11.5. The Bertz CT molecular complexity index is 1420. The van der Waals surface area contributed by atoms with Crippen LogP contribution in [0.3, 0.4) is 0 Å². The van der Waals surface area contributed by atoms with Gasteiger partial charge in [-0.15, -0.1) is 0 Å². The van der Waals surface area contributed by atoms with Gasteiger partial charge in [0.1, 0.15) is 17.6 Å². The van der Waals surface area contributed by atoms with Crippen LogP contribution >= 0.6 is 0 Å². The van der Waals surface area contributed by atoms with E-state index in [2.05, 4.69) is 25.1 Å². The van der Waals surface area contributed by atoms with E-state index in [1.54, 1.807) is 39.0 Å². The number of nitrogens with two attached hydrogens (primary N) is 1. The van der Waals surface area contributed by atoms with Crippen molar-refractivity contribution in [2.45, 2.75) is 57.5 Å². The summed E-state index contributed by atoms with van der Waals surface area (Å²) in [6, 6.07) is 4.81. The molecule has 4 rings (SSSR count). The molecule has 0 amide bonds. The van der Waals surface area contributed by atoms with Crippen molar-refractivity contribution in [2.24, 2.45) is 5.73 Å². The smallest absolute Gasteiger partial charge is 0.429 e. The van der Waals surface area contributed by atoms with Gasteiger partial charge in [-0.05, 0) is 54.3 Å². The number of anilines is 2. The standard InChI is InChI=1S/C25H25F3N6O3/c1-6-23(3,29)17-11-32-21(36-12-25(26,27)28)16-10-31-19(9-15(16)17)33-18-8-7-14-20(34-18)13(2)24(4,30-5)37-22(14)35/h5,7-11,13H,6,12,29H2,1-4H3/p+1/t13-,23+,24+/m1/s1. The highest BCUT2D eigenvalue weighted by Crippen LogP contribution is 2.39. The second-order valence-electron chi connectivity index (χ2n) is 9.32. The molecule has 0 bridgehead atoms. The maximum Gasteiger partial charge on any atom is 0.429 e. The molecule has 0 aromatic carbocycles. The highest BCUT2D eigenvalue weighted by Gasteiger charge is 2.52. The second kappa shape index (κ2) is 9.15. The van der Waals surface area contributed by atoms with E-state index in [9.17, 15) is 18.0 Å². The minimum atomic E-state index is -4.53. The summed E-state index contributed by atoms with van der Waals surface area (Å²) in [5, 5.41) is 3.89. The monoisotopic (exact) mass is 515 g/mol. The lowest BCUT2D eigenvalue weighted by Crippen LogP contribution is -2.39. The number of nitrogens with zero attached hydrogens (tertiary/aromatic N) is 4. The molecule has 3 N–H and O–H groups in total. The molecule has 0 aliphatic carbocycles. The summed E-state index contributed by atoms with van der Waals surface area (Å²) < 4.78 is 48.6. The van der Waals surface area contributed by atoms with Gasteiger partial charge in [-0.3, -0.25) is 0 Å². The number of cyclic esters (lactones) is 1. The second-order valence-corrected chi connectivity index (χ2v) is 9.32. The Morgan fingerprint density at radius 2 is 1.97 bits per heavy atom. The minimum Gasteiger partial charge on any atom is -0.468 e. The van der Waals surface area contributed by atoms with E-state index in [0.29, 0.717) is 40.3 Å². The van der Waals surface area contributed by atoms with Crippen molar-refractivity contribution in [2.75, 3.05) is 11.9 Å². The van der Waals surface area contributed by atoms with Gasteiger partial charge in [-0.2, -0.15) is 13.2 Å². The summed E-state index contributed by atoms with van der Waals surface area (Å²) in [4.78, 5) is 29.1. The number of carbonyl (C=O) groups excluding carboxylic acids is 1. The summed E-state index contributed by atoms with van der Waals surface area (Å²) in [5.74, 6) is -0.491. The fourth-order valence-corrected chi connectivity index (χ4v) is 3.99. The van der Waals surface area contributed by atoms with Gasteiger partial charge < -0.3 is 20.5 Å². The van der Waals surface area contributed by atoms with Crippen LogP contribution in [0.1, 0.15) is 61.6 Å². The van der Waals surface area contributed by atoms with Crippen LogP contribution in [0.4, 0.5) is 24.8 Å². The summed E-state index contributed by atoms with van der Waals surface area (Å²) in [5.41, 5.74) is 5.75. The molecule has 0 saturated carbocycles. The molecule has 3 aromatic heterocycles. The van der Waals surface area contributed by atoms with Gasteiger partial charge in [0.2, 0.25) is 5.88 Å². The fraction of sp³-hybridized carbons (Fsp3) is 0.400.